The third-order valence-corrected chi connectivity index (χ3v) is 6.36. The van der Waals surface area contributed by atoms with Crippen LogP contribution in [0.4, 0.5) is 0 Å². The number of ketones is 1. The highest BCUT2D eigenvalue weighted by Gasteiger charge is 2.16. The first-order valence-corrected chi connectivity index (χ1v) is 13.2. The van der Waals surface area contributed by atoms with Gasteiger partial charge in [0.1, 0.15) is 0 Å². The Kier molecular flexibility index (Phi) is 14.4. The Hall–Kier alpha value is -2.72. The van der Waals surface area contributed by atoms with E-state index in [1.54, 1.807) is 0 Å². The van der Waals surface area contributed by atoms with E-state index < -0.39 is 0 Å². The Balaban J connectivity index is 1.52. The van der Waals surface area contributed by atoms with E-state index in [0.29, 0.717) is 13.0 Å². The van der Waals surface area contributed by atoms with Crippen molar-refractivity contribution in [2.45, 2.75) is 71.3 Å². The molecule has 0 spiro atoms. The van der Waals surface area contributed by atoms with Crippen LogP contribution in [0, 0.1) is 5.92 Å². The normalized spacial score (nSPS) is 11.7. The topological polar surface area (TPSA) is 46.6 Å². The van der Waals surface area contributed by atoms with Crippen molar-refractivity contribution in [2.75, 3.05) is 19.8 Å². The molecule has 1 atom stereocenters. The molecule has 0 radical (unpaired) electrons. The van der Waals surface area contributed by atoms with Gasteiger partial charge in [-0.05, 0) is 49.3 Å². The van der Waals surface area contributed by atoms with E-state index in [4.69, 9.17) is 4.74 Å². The minimum atomic E-state index is 0.0344. The minimum absolute atomic E-state index is 0.0344. The number of unbranched alkanes of at least 4 members (excludes halogenated alkanes) is 4. The van der Waals surface area contributed by atoms with Gasteiger partial charge in [-0.15, -0.1) is 0 Å². The number of nitrogens with zero attached hydrogens (tertiary/aromatic N) is 1. The summed E-state index contributed by atoms with van der Waals surface area (Å²) >= 11 is 0. The van der Waals surface area contributed by atoms with Gasteiger partial charge >= 0.3 is 0 Å². The highest BCUT2D eigenvalue weighted by molar-refractivity contribution is 5.91. The number of ether oxygens (including phenoxy) is 1. The lowest BCUT2D eigenvalue weighted by molar-refractivity contribution is -0.131. The fraction of sp³-hybridized carbons (Fsp3) is 0.484. The molecule has 35 heavy (non-hydrogen) atoms. The summed E-state index contributed by atoms with van der Waals surface area (Å²) in [6.07, 6.45) is 9.98. The highest BCUT2D eigenvalue weighted by Crippen LogP contribution is 2.18. The number of allylic oxidation sites excluding steroid dienone is 1. The second-order valence-corrected chi connectivity index (χ2v) is 9.17. The number of carbonyl (C=O) groups excluding carboxylic acids is 2. The van der Waals surface area contributed by atoms with Crippen molar-refractivity contribution < 1.29 is 14.3 Å². The Morgan fingerprint density at radius 3 is 2.09 bits per heavy atom. The van der Waals surface area contributed by atoms with Gasteiger partial charge in [-0.3, -0.25) is 9.59 Å². The monoisotopic (exact) mass is 477 g/mol. The van der Waals surface area contributed by atoms with Crippen molar-refractivity contribution in [1.82, 2.24) is 4.90 Å². The maximum absolute atomic E-state index is 12.3. The molecule has 4 heteroatoms. The second kappa shape index (κ2) is 17.7. The Morgan fingerprint density at radius 2 is 1.46 bits per heavy atom. The van der Waals surface area contributed by atoms with Crippen molar-refractivity contribution in [2.24, 2.45) is 5.92 Å². The van der Waals surface area contributed by atoms with Gasteiger partial charge in [-0.25, -0.2) is 0 Å². The predicted octanol–water partition coefficient (Wildman–Crippen LogP) is 6.79. The third-order valence-electron chi connectivity index (χ3n) is 6.36. The molecule has 0 saturated heterocycles. The first-order valence-electron chi connectivity index (χ1n) is 13.2. The first kappa shape index (κ1) is 28.5. The van der Waals surface area contributed by atoms with Gasteiger partial charge in [0.25, 0.3) is 0 Å². The highest BCUT2D eigenvalue weighted by atomic mass is 16.5. The molecular formula is C31H43NO3. The molecular weight excluding hydrogens is 434 g/mol. The van der Waals surface area contributed by atoms with Crippen molar-refractivity contribution in [3.8, 4) is 0 Å². The number of amides is 1. The number of benzene rings is 2. The second-order valence-electron chi connectivity index (χ2n) is 9.17. The molecule has 190 valence electrons. The lowest BCUT2D eigenvalue weighted by Gasteiger charge is -2.22. The maximum atomic E-state index is 12.3. The van der Waals surface area contributed by atoms with Crippen LogP contribution in [0.1, 0.15) is 69.4 Å². The van der Waals surface area contributed by atoms with Crippen LogP contribution in [-0.2, 0) is 27.3 Å². The summed E-state index contributed by atoms with van der Waals surface area (Å²) in [4.78, 5) is 26.5. The summed E-state index contributed by atoms with van der Waals surface area (Å²) in [6, 6.07) is 20.4. The summed E-state index contributed by atoms with van der Waals surface area (Å²) in [6.45, 7) is 8.58. The van der Waals surface area contributed by atoms with Gasteiger partial charge in [-0.2, -0.15) is 0 Å². The molecule has 0 bridgehead atoms. The first-order chi connectivity index (χ1) is 17.1. The molecule has 0 N–H and O–H groups in total. The van der Waals surface area contributed by atoms with E-state index in [-0.39, 0.29) is 17.6 Å². The number of hydrogen-bond acceptors (Lipinski definition) is 3. The van der Waals surface area contributed by atoms with Crippen LogP contribution in [0.2, 0.25) is 0 Å². The molecule has 2 rings (SSSR count). The summed E-state index contributed by atoms with van der Waals surface area (Å²) < 4.78 is 5.81. The van der Waals surface area contributed by atoms with Gasteiger partial charge in [0.2, 0.25) is 5.91 Å². The van der Waals surface area contributed by atoms with Gasteiger partial charge in [0.15, 0.2) is 5.78 Å². The van der Waals surface area contributed by atoms with Crippen molar-refractivity contribution in [3.05, 3.63) is 84.4 Å². The largest absolute Gasteiger partial charge is 0.381 e. The van der Waals surface area contributed by atoms with Crippen molar-refractivity contribution in [3.63, 3.8) is 0 Å². The summed E-state index contributed by atoms with van der Waals surface area (Å²) in [7, 11) is 0. The van der Waals surface area contributed by atoms with Crippen LogP contribution in [0.15, 0.2) is 73.3 Å². The molecule has 1 amide bonds. The van der Waals surface area contributed by atoms with Gasteiger partial charge in [0, 0.05) is 38.6 Å². The van der Waals surface area contributed by atoms with Crippen LogP contribution in [-0.4, -0.2) is 36.3 Å². The van der Waals surface area contributed by atoms with Gasteiger partial charge in [-0.1, -0.05) is 93.4 Å². The van der Waals surface area contributed by atoms with E-state index in [1.165, 1.54) is 17.2 Å². The van der Waals surface area contributed by atoms with Gasteiger partial charge in [0.05, 0.1) is 0 Å². The summed E-state index contributed by atoms with van der Waals surface area (Å²) in [5, 5.41) is 0. The Morgan fingerprint density at radius 1 is 0.857 bits per heavy atom. The zero-order valence-electron chi connectivity index (χ0n) is 21.5. The molecule has 2 aromatic carbocycles. The standard InChI is InChI=1S/C31H43NO3/c1-3-30(33)29(25-27-17-9-7-10-18-27)21-13-5-6-15-23-35-24-16-14-22-32(31(34)4-2)26-28-19-11-8-12-20-28/h3,7-12,17-20,29H,1,4-6,13-16,21-26H2,2H3. The smallest absolute Gasteiger partial charge is 0.222 e. The molecule has 0 aliphatic carbocycles. The summed E-state index contributed by atoms with van der Waals surface area (Å²) in [5.74, 6) is 0.392. The van der Waals surface area contributed by atoms with Crippen molar-refractivity contribution >= 4 is 11.7 Å². The van der Waals surface area contributed by atoms with Gasteiger partial charge < -0.3 is 9.64 Å². The lowest BCUT2D eigenvalue weighted by atomic mass is 9.90. The SMILES string of the molecule is C=CC(=O)C(CCCCCCOCCCCN(Cc1ccccc1)C(=O)CC)Cc1ccccc1. The number of carbonyl (C=O) groups is 2. The number of rotatable bonds is 19. The number of hydrogen-bond donors (Lipinski definition) is 0. The molecule has 4 nitrogen and oxygen atoms in total. The molecule has 0 heterocycles. The van der Waals surface area contributed by atoms with Crippen LogP contribution < -0.4 is 0 Å². The lowest BCUT2D eigenvalue weighted by Crippen LogP contribution is -2.31. The van der Waals surface area contributed by atoms with E-state index in [0.717, 1.165) is 71.1 Å². The zero-order chi connectivity index (χ0) is 25.1. The average molecular weight is 478 g/mol. The average Bonchev–Trinajstić information content (AvgIpc) is 2.90. The molecule has 0 fully saturated rings. The molecule has 0 aliphatic rings. The van der Waals surface area contributed by atoms with Crippen LogP contribution >= 0.6 is 0 Å². The Bertz CT molecular complexity index is 850. The molecule has 2 aromatic rings. The quantitative estimate of drug-likeness (QED) is 0.165. The van der Waals surface area contributed by atoms with Crippen molar-refractivity contribution in [1.29, 1.82) is 0 Å². The Labute approximate surface area is 212 Å². The van der Waals surface area contributed by atoms with Crippen LogP contribution in [0.5, 0.6) is 0 Å². The fourth-order valence-corrected chi connectivity index (χ4v) is 4.29. The van der Waals surface area contributed by atoms with E-state index >= 15 is 0 Å². The van der Waals surface area contributed by atoms with E-state index in [9.17, 15) is 9.59 Å². The van der Waals surface area contributed by atoms with E-state index in [1.807, 2.05) is 48.2 Å². The molecule has 1 unspecified atom stereocenters. The summed E-state index contributed by atoms with van der Waals surface area (Å²) in [5.41, 5.74) is 2.38. The maximum Gasteiger partial charge on any atom is 0.222 e. The zero-order valence-corrected chi connectivity index (χ0v) is 21.5. The van der Waals surface area contributed by atoms with Crippen LogP contribution in [0.25, 0.3) is 0 Å². The van der Waals surface area contributed by atoms with Crippen LogP contribution in [0.3, 0.4) is 0 Å². The predicted molar refractivity (Wildman–Crippen MR) is 144 cm³/mol. The van der Waals surface area contributed by atoms with E-state index in [2.05, 4.69) is 30.8 Å². The molecule has 0 aromatic heterocycles. The minimum Gasteiger partial charge on any atom is -0.381 e. The molecule has 0 saturated carbocycles. The fourth-order valence-electron chi connectivity index (χ4n) is 4.29. The molecule has 0 aliphatic heterocycles. The third kappa shape index (κ3) is 12.0.